The van der Waals surface area contributed by atoms with Crippen molar-refractivity contribution in [3.63, 3.8) is 0 Å². The summed E-state index contributed by atoms with van der Waals surface area (Å²) in [6, 6.07) is -0.546. The molecule has 2 N–H and O–H groups in total. The van der Waals surface area contributed by atoms with Gasteiger partial charge < -0.3 is 10.4 Å². The SMILES string of the molecule is Cl.Cl.O=C(O)C1C=CC=CN1. The Morgan fingerprint density at radius 2 is 2.00 bits per heavy atom. The van der Waals surface area contributed by atoms with Crippen LogP contribution in [0, 0.1) is 0 Å². The Labute approximate surface area is 77.0 Å². The van der Waals surface area contributed by atoms with E-state index in [0.29, 0.717) is 0 Å². The third-order valence-electron chi connectivity index (χ3n) is 1.05. The lowest BCUT2D eigenvalue weighted by atomic mass is 10.2. The van der Waals surface area contributed by atoms with E-state index in [1.807, 2.05) is 0 Å². The van der Waals surface area contributed by atoms with Crippen LogP contribution < -0.4 is 5.32 Å². The van der Waals surface area contributed by atoms with E-state index in [9.17, 15) is 4.79 Å². The molecule has 0 spiro atoms. The van der Waals surface area contributed by atoms with Crippen LogP contribution in [-0.2, 0) is 4.79 Å². The molecule has 1 rings (SSSR count). The van der Waals surface area contributed by atoms with Crippen molar-refractivity contribution in [3.8, 4) is 0 Å². The number of rotatable bonds is 1. The monoisotopic (exact) mass is 197 g/mol. The van der Waals surface area contributed by atoms with Gasteiger partial charge in [0.05, 0.1) is 0 Å². The number of carbonyl (C=O) groups is 1. The van der Waals surface area contributed by atoms with E-state index in [0.717, 1.165) is 0 Å². The number of hydrogen-bond acceptors (Lipinski definition) is 2. The largest absolute Gasteiger partial charge is 0.479 e. The summed E-state index contributed by atoms with van der Waals surface area (Å²) in [5, 5.41) is 11.0. The molecule has 0 aromatic carbocycles. The number of carboxylic acid groups (broad SMARTS) is 1. The number of aliphatic carboxylic acids is 1. The fraction of sp³-hybridized carbons (Fsp3) is 0.167. The zero-order valence-electron chi connectivity index (χ0n) is 5.56. The Hall–Kier alpha value is -0.670. The smallest absolute Gasteiger partial charge is 0.330 e. The van der Waals surface area contributed by atoms with Gasteiger partial charge in [0.25, 0.3) is 0 Å². The van der Waals surface area contributed by atoms with Crippen LogP contribution in [0.5, 0.6) is 0 Å². The van der Waals surface area contributed by atoms with E-state index < -0.39 is 12.0 Å². The number of carboxylic acids is 1. The lowest BCUT2D eigenvalue weighted by Crippen LogP contribution is -2.31. The molecule has 5 heteroatoms. The van der Waals surface area contributed by atoms with Gasteiger partial charge in [-0.25, -0.2) is 4.79 Å². The van der Waals surface area contributed by atoms with Crippen LogP contribution >= 0.6 is 24.8 Å². The van der Waals surface area contributed by atoms with Crippen molar-refractivity contribution in [3.05, 3.63) is 24.4 Å². The number of allylic oxidation sites excluding steroid dienone is 2. The van der Waals surface area contributed by atoms with Crippen molar-refractivity contribution in [1.82, 2.24) is 5.32 Å². The van der Waals surface area contributed by atoms with Crippen molar-refractivity contribution >= 4 is 30.8 Å². The summed E-state index contributed by atoms with van der Waals surface area (Å²) >= 11 is 0. The van der Waals surface area contributed by atoms with Crippen LogP contribution in [-0.4, -0.2) is 17.1 Å². The number of hydrogen-bond donors (Lipinski definition) is 2. The molecule has 3 nitrogen and oxygen atoms in total. The maximum atomic E-state index is 10.2. The summed E-state index contributed by atoms with van der Waals surface area (Å²) in [5.41, 5.74) is 0. The second kappa shape index (κ2) is 6.07. The minimum Gasteiger partial charge on any atom is -0.479 e. The first-order valence-corrected chi connectivity index (χ1v) is 2.63. The van der Waals surface area contributed by atoms with Gasteiger partial charge in [-0.1, -0.05) is 12.2 Å². The summed E-state index contributed by atoms with van der Waals surface area (Å²) in [5.74, 6) is -0.851. The van der Waals surface area contributed by atoms with E-state index in [4.69, 9.17) is 5.11 Å². The highest BCUT2D eigenvalue weighted by atomic mass is 35.5. The lowest BCUT2D eigenvalue weighted by Gasteiger charge is -2.08. The quantitative estimate of drug-likeness (QED) is 0.659. The van der Waals surface area contributed by atoms with Crippen LogP contribution in [0.1, 0.15) is 0 Å². The van der Waals surface area contributed by atoms with Crippen molar-refractivity contribution < 1.29 is 9.90 Å². The molecule has 11 heavy (non-hydrogen) atoms. The van der Waals surface area contributed by atoms with E-state index in [-0.39, 0.29) is 24.8 Å². The second-order valence-corrected chi connectivity index (χ2v) is 1.73. The predicted octanol–water partition coefficient (Wildman–Crippen LogP) is 0.956. The van der Waals surface area contributed by atoms with Gasteiger partial charge >= 0.3 is 5.97 Å². The van der Waals surface area contributed by atoms with Crippen molar-refractivity contribution in [2.24, 2.45) is 0 Å². The van der Waals surface area contributed by atoms with Gasteiger partial charge in [-0.3, -0.25) is 0 Å². The molecule has 0 bridgehead atoms. The molecule has 0 amide bonds. The molecule has 0 fully saturated rings. The molecule has 1 heterocycles. The zero-order chi connectivity index (χ0) is 6.69. The normalized spacial score (nSPS) is 19.1. The molecular formula is C6H9Cl2NO2. The van der Waals surface area contributed by atoms with E-state index in [2.05, 4.69) is 5.32 Å². The second-order valence-electron chi connectivity index (χ2n) is 1.73. The van der Waals surface area contributed by atoms with Crippen molar-refractivity contribution in [2.45, 2.75) is 6.04 Å². The van der Waals surface area contributed by atoms with E-state index in [1.54, 1.807) is 24.4 Å². The Kier molecular flexibility index (Phi) is 7.15. The molecule has 1 unspecified atom stereocenters. The first-order valence-electron chi connectivity index (χ1n) is 2.63. The van der Waals surface area contributed by atoms with E-state index in [1.165, 1.54) is 0 Å². The fourth-order valence-corrected chi connectivity index (χ4v) is 0.599. The lowest BCUT2D eigenvalue weighted by molar-refractivity contribution is -0.137. The average Bonchev–Trinajstić information content (AvgIpc) is 1.90. The van der Waals surface area contributed by atoms with Crippen molar-refractivity contribution in [1.29, 1.82) is 0 Å². The van der Waals surface area contributed by atoms with Crippen LogP contribution in [0.25, 0.3) is 0 Å². The standard InChI is InChI=1S/C6H7NO2.2ClH/c8-6(9)5-3-1-2-4-7-5;;/h1-5,7H,(H,8,9);2*1H. The summed E-state index contributed by atoms with van der Waals surface area (Å²) < 4.78 is 0. The average molecular weight is 198 g/mol. The Morgan fingerprint density at radius 1 is 1.36 bits per heavy atom. The molecule has 1 aliphatic heterocycles. The zero-order valence-corrected chi connectivity index (χ0v) is 7.19. The molecule has 0 saturated carbocycles. The van der Waals surface area contributed by atoms with Gasteiger partial charge in [-0.05, 0) is 12.3 Å². The summed E-state index contributed by atoms with van der Waals surface area (Å²) in [6.45, 7) is 0. The molecule has 0 radical (unpaired) electrons. The van der Waals surface area contributed by atoms with Crippen LogP contribution in [0.3, 0.4) is 0 Å². The van der Waals surface area contributed by atoms with Crippen LogP contribution in [0.15, 0.2) is 24.4 Å². The van der Waals surface area contributed by atoms with Crippen molar-refractivity contribution in [2.75, 3.05) is 0 Å². The van der Waals surface area contributed by atoms with Gasteiger partial charge in [0.1, 0.15) is 6.04 Å². The molecule has 0 aromatic heterocycles. The maximum Gasteiger partial charge on any atom is 0.330 e. The first-order chi connectivity index (χ1) is 4.30. The molecular weight excluding hydrogens is 189 g/mol. The third kappa shape index (κ3) is 3.91. The third-order valence-corrected chi connectivity index (χ3v) is 1.05. The Balaban J connectivity index is 0. The number of dihydropyridines is 1. The molecule has 0 saturated heterocycles. The molecule has 1 atom stereocenters. The van der Waals surface area contributed by atoms with Gasteiger partial charge in [0.15, 0.2) is 0 Å². The Bertz CT molecular complexity index is 179. The highest BCUT2D eigenvalue weighted by molar-refractivity contribution is 5.85. The molecule has 64 valence electrons. The summed E-state index contributed by atoms with van der Waals surface area (Å²) in [6.07, 6.45) is 6.65. The highest BCUT2D eigenvalue weighted by Gasteiger charge is 2.11. The molecule has 1 aliphatic rings. The van der Waals surface area contributed by atoms with E-state index >= 15 is 0 Å². The first kappa shape index (κ1) is 13.0. The predicted molar refractivity (Wildman–Crippen MR) is 47.3 cm³/mol. The Morgan fingerprint density at radius 3 is 2.27 bits per heavy atom. The highest BCUT2D eigenvalue weighted by Crippen LogP contribution is 1.92. The van der Waals surface area contributed by atoms with Gasteiger partial charge in [0.2, 0.25) is 0 Å². The molecule has 0 aromatic rings. The topological polar surface area (TPSA) is 49.3 Å². The fourth-order valence-electron chi connectivity index (χ4n) is 0.599. The summed E-state index contributed by atoms with van der Waals surface area (Å²) in [4.78, 5) is 10.2. The minimum atomic E-state index is -0.851. The van der Waals surface area contributed by atoms with Crippen LogP contribution in [0.2, 0.25) is 0 Å². The van der Waals surface area contributed by atoms with Gasteiger partial charge in [0, 0.05) is 0 Å². The summed E-state index contributed by atoms with van der Waals surface area (Å²) in [7, 11) is 0. The molecule has 0 aliphatic carbocycles. The maximum absolute atomic E-state index is 10.2. The number of nitrogens with one attached hydrogen (secondary N) is 1. The minimum absolute atomic E-state index is 0. The van der Waals surface area contributed by atoms with Crippen LogP contribution in [0.4, 0.5) is 0 Å². The number of halogens is 2. The van der Waals surface area contributed by atoms with Gasteiger partial charge in [-0.15, -0.1) is 24.8 Å². The van der Waals surface area contributed by atoms with Gasteiger partial charge in [-0.2, -0.15) is 0 Å².